The van der Waals surface area contributed by atoms with Gasteiger partial charge in [0.1, 0.15) is 5.82 Å². The summed E-state index contributed by atoms with van der Waals surface area (Å²) in [6.45, 7) is 3.95. The molecule has 0 aliphatic carbocycles. The molecule has 0 aliphatic rings. The van der Waals surface area contributed by atoms with Gasteiger partial charge in [-0.25, -0.2) is 22.8 Å². The van der Waals surface area contributed by atoms with Gasteiger partial charge in [-0.05, 0) is 12.1 Å². The van der Waals surface area contributed by atoms with Gasteiger partial charge in [-0.3, -0.25) is 4.98 Å². The highest BCUT2D eigenvalue weighted by Crippen LogP contribution is 2.16. The molecule has 0 aliphatic heterocycles. The van der Waals surface area contributed by atoms with E-state index in [-0.39, 0.29) is 17.5 Å². The molecular formula is C15H19N7O2S. The number of nitrogens with one attached hydrogen (secondary N) is 1. The summed E-state index contributed by atoms with van der Waals surface area (Å²) in [5, 5.41) is 7.94. The first-order chi connectivity index (χ1) is 11.9. The van der Waals surface area contributed by atoms with E-state index < -0.39 is 10.0 Å². The summed E-state index contributed by atoms with van der Waals surface area (Å²) in [6.07, 6.45) is 6.46. The third kappa shape index (κ3) is 3.74. The number of nitrogens with zero attached hydrogens (tertiary/aromatic N) is 6. The fourth-order valence-corrected chi connectivity index (χ4v) is 3.35. The molecule has 0 bridgehead atoms. The van der Waals surface area contributed by atoms with E-state index in [1.807, 2.05) is 19.9 Å². The maximum absolute atomic E-state index is 12.4. The minimum absolute atomic E-state index is 0.00153. The SMILES string of the molecule is CC(C)c1nc(S(=O)(=O)NCc2cn(-c3cccnc3)nn2)cn1C. The summed E-state index contributed by atoms with van der Waals surface area (Å²) in [4.78, 5) is 8.22. The number of aryl methyl sites for hydroxylation is 1. The van der Waals surface area contributed by atoms with E-state index in [4.69, 9.17) is 0 Å². The summed E-state index contributed by atoms with van der Waals surface area (Å²) < 4.78 is 30.6. The molecule has 3 rings (SSSR count). The van der Waals surface area contributed by atoms with Crippen LogP contribution in [0.25, 0.3) is 5.69 Å². The third-order valence-corrected chi connectivity index (χ3v) is 4.85. The predicted octanol–water partition coefficient (Wildman–Crippen LogP) is 0.998. The second-order valence-electron chi connectivity index (χ2n) is 5.89. The number of hydrogen-bond donors (Lipinski definition) is 1. The molecule has 0 fully saturated rings. The Balaban J connectivity index is 1.73. The number of rotatable bonds is 6. The Labute approximate surface area is 145 Å². The minimum Gasteiger partial charge on any atom is -0.336 e. The Morgan fingerprint density at radius 2 is 2.08 bits per heavy atom. The number of sulfonamides is 1. The lowest BCUT2D eigenvalue weighted by Crippen LogP contribution is -2.23. The van der Waals surface area contributed by atoms with Crippen LogP contribution in [-0.2, 0) is 23.6 Å². The minimum atomic E-state index is -3.72. The fourth-order valence-electron chi connectivity index (χ4n) is 2.36. The normalized spacial score (nSPS) is 12.0. The number of pyridine rings is 1. The lowest BCUT2D eigenvalue weighted by atomic mass is 10.2. The molecule has 9 nitrogen and oxygen atoms in total. The zero-order valence-corrected chi connectivity index (χ0v) is 15.0. The molecule has 0 unspecified atom stereocenters. The van der Waals surface area contributed by atoms with Gasteiger partial charge in [0.25, 0.3) is 10.0 Å². The van der Waals surface area contributed by atoms with Crippen molar-refractivity contribution in [1.82, 2.24) is 34.3 Å². The molecule has 0 saturated carbocycles. The van der Waals surface area contributed by atoms with Crippen LogP contribution in [0.3, 0.4) is 0 Å². The Morgan fingerprint density at radius 1 is 1.28 bits per heavy atom. The van der Waals surface area contributed by atoms with Crippen molar-refractivity contribution in [2.75, 3.05) is 0 Å². The maximum Gasteiger partial charge on any atom is 0.259 e. The monoisotopic (exact) mass is 361 g/mol. The number of aromatic nitrogens is 6. The van der Waals surface area contributed by atoms with Crippen molar-refractivity contribution in [3.63, 3.8) is 0 Å². The maximum atomic E-state index is 12.4. The molecule has 0 atom stereocenters. The third-order valence-electron chi connectivity index (χ3n) is 3.58. The summed E-state index contributed by atoms with van der Waals surface area (Å²) in [5.74, 6) is 0.844. The Morgan fingerprint density at radius 3 is 2.72 bits per heavy atom. The van der Waals surface area contributed by atoms with Crippen molar-refractivity contribution >= 4 is 10.0 Å². The molecule has 3 heterocycles. The van der Waals surface area contributed by atoms with E-state index in [0.717, 1.165) is 5.69 Å². The standard InChI is InChI=1S/C15H19N7O2S/c1-11(2)15-18-14(10-21(15)3)25(23,24)17-7-12-9-22(20-19-12)13-5-4-6-16-8-13/h4-6,8-11,17H,7H2,1-3H3. The quantitative estimate of drug-likeness (QED) is 0.702. The molecule has 0 spiro atoms. The molecule has 1 N–H and O–H groups in total. The zero-order chi connectivity index (χ0) is 18.0. The summed E-state index contributed by atoms with van der Waals surface area (Å²) in [5.41, 5.74) is 1.24. The van der Waals surface area contributed by atoms with E-state index in [2.05, 4.69) is 25.0 Å². The highest BCUT2D eigenvalue weighted by Gasteiger charge is 2.21. The summed E-state index contributed by atoms with van der Waals surface area (Å²) in [6, 6.07) is 3.61. The second-order valence-corrected chi connectivity index (χ2v) is 7.61. The molecule has 10 heteroatoms. The van der Waals surface area contributed by atoms with Crippen LogP contribution in [0.4, 0.5) is 0 Å². The van der Waals surface area contributed by atoms with Gasteiger partial charge in [0.15, 0.2) is 5.03 Å². The van der Waals surface area contributed by atoms with Crippen molar-refractivity contribution < 1.29 is 8.42 Å². The van der Waals surface area contributed by atoms with Crippen LogP contribution in [0.15, 0.2) is 41.9 Å². The van der Waals surface area contributed by atoms with E-state index in [1.54, 1.807) is 36.3 Å². The predicted molar refractivity (Wildman–Crippen MR) is 90.5 cm³/mol. The van der Waals surface area contributed by atoms with Gasteiger partial charge in [0.2, 0.25) is 0 Å². The average Bonchev–Trinajstić information content (AvgIpc) is 3.21. The second kappa shape index (κ2) is 6.73. The fraction of sp³-hybridized carbons (Fsp3) is 0.333. The van der Waals surface area contributed by atoms with E-state index in [9.17, 15) is 8.42 Å². The van der Waals surface area contributed by atoms with Crippen LogP contribution in [0.1, 0.15) is 31.3 Å². The van der Waals surface area contributed by atoms with Gasteiger partial charge in [-0.1, -0.05) is 19.1 Å². The molecule has 25 heavy (non-hydrogen) atoms. The lowest BCUT2D eigenvalue weighted by Gasteiger charge is -2.03. The van der Waals surface area contributed by atoms with Crippen LogP contribution in [0, 0.1) is 0 Å². The van der Waals surface area contributed by atoms with Crippen molar-refractivity contribution in [3.05, 3.63) is 48.4 Å². The molecule has 0 radical (unpaired) electrons. The zero-order valence-electron chi connectivity index (χ0n) is 14.2. The Kier molecular flexibility index (Phi) is 4.64. The van der Waals surface area contributed by atoms with Crippen LogP contribution in [0.2, 0.25) is 0 Å². The summed E-state index contributed by atoms with van der Waals surface area (Å²) in [7, 11) is -1.94. The van der Waals surface area contributed by atoms with Crippen molar-refractivity contribution in [3.8, 4) is 5.69 Å². The van der Waals surface area contributed by atoms with Crippen LogP contribution in [-0.4, -0.2) is 37.9 Å². The van der Waals surface area contributed by atoms with Crippen molar-refractivity contribution in [1.29, 1.82) is 0 Å². The molecule has 132 valence electrons. The molecule has 3 aromatic heterocycles. The first-order valence-electron chi connectivity index (χ1n) is 7.71. The molecule has 3 aromatic rings. The first-order valence-corrected chi connectivity index (χ1v) is 9.19. The largest absolute Gasteiger partial charge is 0.336 e. The van der Waals surface area contributed by atoms with Gasteiger partial charge >= 0.3 is 0 Å². The van der Waals surface area contributed by atoms with Gasteiger partial charge in [-0.15, -0.1) is 5.10 Å². The van der Waals surface area contributed by atoms with E-state index in [0.29, 0.717) is 11.5 Å². The lowest BCUT2D eigenvalue weighted by molar-refractivity contribution is 0.576. The number of imidazole rings is 1. The first kappa shape index (κ1) is 17.2. The number of hydrogen-bond acceptors (Lipinski definition) is 6. The van der Waals surface area contributed by atoms with Gasteiger partial charge < -0.3 is 4.57 Å². The van der Waals surface area contributed by atoms with Crippen LogP contribution >= 0.6 is 0 Å². The molecular weight excluding hydrogens is 342 g/mol. The molecule has 0 saturated heterocycles. The van der Waals surface area contributed by atoms with E-state index in [1.165, 1.54) is 10.9 Å². The average molecular weight is 361 g/mol. The van der Waals surface area contributed by atoms with Crippen molar-refractivity contribution in [2.45, 2.75) is 31.3 Å². The Bertz CT molecular complexity index is 961. The van der Waals surface area contributed by atoms with Crippen molar-refractivity contribution in [2.24, 2.45) is 7.05 Å². The van der Waals surface area contributed by atoms with Gasteiger partial charge in [-0.2, -0.15) is 0 Å². The van der Waals surface area contributed by atoms with Gasteiger partial charge in [0.05, 0.1) is 30.3 Å². The van der Waals surface area contributed by atoms with Crippen LogP contribution < -0.4 is 4.72 Å². The topological polar surface area (TPSA) is 108 Å². The highest BCUT2D eigenvalue weighted by atomic mass is 32.2. The molecule has 0 amide bonds. The highest BCUT2D eigenvalue weighted by molar-refractivity contribution is 7.89. The molecule has 0 aromatic carbocycles. The Hall–Kier alpha value is -2.59. The van der Waals surface area contributed by atoms with E-state index >= 15 is 0 Å². The van der Waals surface area contributed by atoms with Crippen LogP contribution in [0.5, 0.6) is 0 Å². The van der Waals surface area contributed by atoms with Gasteiger partial charge in [0, 0.05) is 25.4 Å². The summed E-state index contributed by atoms with van der Waals surface area (Å²) >= 11 is 0. The smallest absolute Gasteiger partial charge is 0.259 e.